The molecule has 0 amide bonds. The Bertz CT molecular complexity index is 1320. The molecule has 2 N–H and O–H groups in total. The molecule has 180 valence electrons. The van der Waals surface area contributed by atoms with Gasteiger partial charge in [0.15, 0.2) is 11.9 Å². The van der Waals surface area contributed by atoms with E-state index in [9.17, 15) is 17.2 Å². The molecule has 2 aromatic rings. The van der Waals surface area contributed by atoms with Crippen LogP contribution in [0, 0.1) is 18.2 Å². The van der Waals surface area contributed by atoms with Gasteiger partial charge in [0.25, 0.3) is 0 Å². The lowest BCUT2D eigenvalue weighted by atomic mass is 9.80. The zero-order chi connectivity index (χ0) is 25.5. The number of benzene rings is 1. The molecule has 2 heterocycles. The van der Waals surface area contributed by atoms with Crippen LogP contribution in [0.4, 0.5) is 8.78 Å². The summed E-state index contributed by atoms with van der Waals surface area (Å²) in [5.41, 5.74) is 4.40. The van der Waals surface area contributed by atoms with Crippen LogP contribution < -0.4 is 10.5 Å². The summed E-state index contributed by atoms with van der Waals surface area (Å²) in [5, 5.41) is 0. The third-order valence-corrected chi connectivity index (χ3v) is 8.65. The van der Waals surface area contributed by atoms with Gasteiger partial charge in [0.05, 0.1) is 12.4 Å². The number of nitrogens with zero attached hydrogens (tertiary/aromatic N) is 4. The van der Waals surface area contributed by atoms with E-state index in [1.54, 1.807) is 6.92 Å². The molecule has 1 aromatic carbocycles. The van der Waals surface area contributed by atoms with Gasteiger partial charge in [-0.05, 0) is 51.5 Å². The second kappa shape index (κ2) is 8.68. The number of guanidine groups is 1. The second-order valence-electron chi connectivity index (χ2n) is 8.42. The fraction of sp³-hybridized carbons (Fsp3) is 0.348. The first-order valence-corrected chi connectivity index (χ1v) is 11.6. The number of aromatic nitrogens is 2. The van der Waals surface area contributed by atoms with E-state index in [2.05, 4.69) is 20.9 Å². The highest BCUT2D eigenvalue weighted by atomic mass is 32.2. The molecule has 0 saturated carbocycles. The number of rotatable bonds is 5. The number of terminal acetylenes is 1. The van der Waals surface area contributed by atoms with Crippen LogP contribution in [-0.2, 0) is 15.6 Å². The number of sulfonamides is 1. The molecule has 1 aliphatic heterocycles. The van der Waals surface area contributed by atoms with Crippen molar-refractivity contribution in [2.75, 3.05) is 7.05 Å². The molecular formula is C23H25F2N5O3S. The highest BCUT2D eigenvalue weighted by Gasteiger charge is 2.57. The van der Waals surface area contributed by atoms with Gasteiger partial charge in [-0.15, -0.1) is 6.42 Å². The highest BCUT2D eigenvalue weighted by molar-refractivity contribution is 7.91. The lowest BCUT2D eigenvalue weighted by molar-refractivity contribution is 0.266. The van der Waals surface area contributed by atoms with Crippen LogP contribution in [0.5, 0.6) is 5.88 Å². The summed E-state index contributed by atoms with van der Waals surface area (Å²) < 4.78 is 60.6. The molecule has 8 nitrogen and oxygen atoms in total. The van der Waals surface area contributed by atoms with Crippen LogP contribution in [-0.4, -0.2) is 46.5 Å². The van der Waals surface area contributed by atoms with Gasteiger partial charge in [0.2, 0.25) is 21.9 Å². The van der Waals surface area contributed by atoms with Crippen molar-refractivity contribution in [3.05, 3.63) is 53.2 Å². The number of ether oxygens (including phenoxy) is 1. The topological polar surface area (TPSA) is 111 Å². The molecule has 0 spiro atoms. The van der Waals surface area contributed by atoms with Crippen LogP contribution in [0.15, 0.2) is 35.6 Å². The average Bonchev–Trinajstić information content (AvgIpc) is 2.78. The monoisotopic (exact) mass is 489 g/mol. The van der Waals surface area contributed by atoms with E-state index < -0.39 is 38.1 Å². The van der Waals surface area contributed by atoms with E-state index >= 15 is 0 Å². The maximum absolute atomic E-state index is 15.0. The molecule has 3 rings (SSSR count). The van der Waals surface area contributed by atoms with Crippen molar-refractivity contribution in [3.8, 4) is 18.2 Å². The van der Waals surface area contributed by atoms with Crippen LogP contribution in [0.1, 0.15) is 44.5 Å². The van der Waals surface area contributed by atoms with Gasteiger partial charge >= 0.3 is 0 Å². The predicted molar refractivity (Wildman–Crippen MR) is 126 cm³/mol. The predicted octanol–water partition coefficient (Wildman–Crippen LogP) is 3.07. The van der Waals surface area contributed by atoms with Crippen molar-refractivity contribution in [2.24, 2.45) is 10.7 Å². The summed E-state index contributed by atoms with van der Waals surface area (Å²) in [6.45, 7) is 6.01. The molecular weight excluding hydrogens is 464 g/mol. The molecule has 0 saturated heterocycles. The first-order chi connectivity index (χ1) is 15.7. The number of nitrogens with two attached hydrogens (primary N) is 1. The summed E-state index contributed by atoms with van der Waals surface area (Å²) in [5.74, 6) is 0.796. The maximum Gasteiger partial charge on any atom is 0.245 e. The Labute approximate surface area is 197 Å². The van der Waals surface area contributed by atoms with Gasteiger partial charge in [0, 0.05) is 12.6 Å². The first kappa shape index (κ1) is 25.1. The van der Waals surface area contributed by atoms with E-state index in [4.69, 9.17) is 16.9 Å². The zero-order valence-electron chi connectivity index (χ0n) is 19.4. The fourth-order valence-corrected chi connectivity index (χ4v) is 5.11. The molecule has 34 heavy (non-hydrogen) atoms. The number of halogens is 2. The van der Waals surface area contributed by atoms with Crippen molar-refractivity contribution in [1.82, 2.24) is 14.3 Å². The quantitative estimate of drug-likeness (QED) is 0.647. The Kier molecular flexibility index (Phi) is 6.41. The number of aliphatic imine (C=N–C) groups is 1. The summed E-state index contributed by atoms with van der Waals surface area (Å²) in [7, 11) is -2.69. The lowest BCUT2D eigenvalue weighted by Gasteiger charge is -2.46. The minimum atomic E-state index is -3.98. The smallest absolute Gasteiger partial charge is 0.245 e. The molecule has 1 aromatic heterocycles. The Morgan fingerprint density at radius 3 is 2.56 bits per heavy atom. The first-order valence-electron chi connectivity index (χ1n) is 10.2. The molecule has 1 aliphatic rings. The molecule has 0 radical (unpaired) electrons. The van der Waals surface area contributed by atoms with E-state index in [0.717, 1.165) is 16.4 Å². The van der Waals surface area contributed by atoms with Gasteiger partial charge in [0.1, 0.15) is 21.8 Å². The largest absolute Gasteiger partial charge is 0.460 e. The molecule has 0 aliphatic carbocycles. The summed E-state index contributed by atoms with van der Waals surface area (Å²) in [6, 6.07) is 3.81. The van der Waals surface area contributed by atoms with Crippen molar-refractivity contribution >= 4 is 27.9 Å². The lowest BCUT2D eigenvalue weighted by Crippen LogP contribution is -2.62. The van der Waals surface area contributed by atoms with Gasteiger partial charge in [-0.25, -0.2) is 36.5 Å². The summed E-state index contributed by atoms with van der Waals surface area (Å²) >= 11 is 0. The van der Waals surface area contributed by atoms with Gasteiger partial charge in [-0.1, -0.05) is 12.0 Å². The third kappa shape index (κ3) is 4.09. The van der Waals surface area contributed by atoms with Crippen molar-refractivity contribution in [2.45, 2.75) is 44.1 Å². The zero-order valence-corrected chi connectivity index (χ0v) is 20.2. The SMILES string of the molecule is C#CC(C)Oc1cnc(/C(F)=C/c2ccc(F)c(C3(C)N=C(N)N(C)S(=O)(=O)C3(C)C)c2)cn1. The van der Waals surface area contributed by atoms with E-state index in [-0.39, 0.29) is 28.7 Å². The van der Waals surface area contributed by atoms with E-state index in [1.165, 1.54) is 52.3 Å². The Balaban J connectivity index is 2.03. The molecule has 2 unspecified atom stereocenters. The fourth-order valence-electron chi connectivity index (χ4n) is 3.48. The molecule has 0 fully saturated rings. The molecule has 2 atom stereocenters. The number of hydrogen-bond acceptors (Lipinski definition) is 7. The van der Waals surface area contributed by atoms with Crippen LogP contribution in [0.25, 0.3) is 11.9 Å². The van der Waals surface area contributed by atoms with Gasteiger partial charge in [-0.2, -0.15) is 0 Å². The van der Waals surface area contributed by atoms with Gasteiger partial charge < -0.3 is 10.5 Å². The van der Waals surface area contributed by atoms with Crippen molar-refractivity contribution in [1.29, 1.82) is 0 Å². The Hall–Kier alpha value is -3.52. The highest BCUT2D eigenvalue weighted by Crippen LogP contribution is 2.46. The molecule has 0 bridgehead atoms. The Morgan fingerprint density at radius 2 is 1.97 bits per heavy atom. The van der Waals surface area contributed by atoms with E-state index in [1.807, 2.05) is 0 Å². The average molecular weight is 490 g/mol. The maximum atomic E-state index is 15.0. The van der Waals surface area contributed by atoms with Gasteiger partial charge in [-0.3, -0.25) is 0 Å². The number of hydrogen-bond donors (Lipinski definition) is 1. The summed E-state index contributed by atoms with van der Waals surface area (Å²) in [6.07, 6.45) is 8.26. The summed E-state index contributed by atoms with van der Waals surface area (Å²) in [4.78, 5) is 12.3. The minimum Gasteiger partial charge on any atom is -0.460 e. The van der Waals surface area contributed by atoms with Crippen LogP contribution >= 0.6 is 0 Å². The van der Waals surface area contributed by atoms with Crippen LogP contribution in [0.2, 0.25) is 0 Å². The normalized spacial score (nSPS) is 22.5. The second-order valence-corrected chi connectivity index (χ2v) is 10.9. The molecule has 11 heteroatoms. The van der Waals surface area contributed by atoms with Crippen molar-refractivity contribution < 1.29 is 21.9 Å². The minimum absolute atomic E-state index is 0.0446. The van der Waals surface area contributed by atoms with Crippen molar-refractivity contribution in [3.63, 3.8) is 0 Å². The standard InChI is InChI=1S/C23H25F2N5O3S/c1-7-14(2)33-20-13-27-19(12-28-20)18(25)11-15-8-9-17(24)16(10-15)23(5)22(3,4)34(31,32)30(6)21(26)29-23/h1,8-14H,2-6H3,(H2,26,29)/b18-11-. The third-order valence-electron chi connectivity index (χ3n) is 6.05. The van der Waals surface area contributed by atoms with E-state index in [0.29, 0.717) is 0 Å². The van der Waals surface area contributed by atoms with Crippen LogP contribution in [0.3, 0.4) is 0 Å². The Morgan fingerprint density at radius 1 is 1.29 bits per heavy atom.